The Bertz CT molecular complexity index is 713. The van der Waals surface area contributed by atoms with Crippen LogP contribution in [0.2, 0.25) is 0 Å². The van der Waals surface area contributed by atoms with Gasteiger partial charge in [0.25, 0.3) is 5.69 Å². The second-order valence-corrected chi connectivity index (χ2v) is 5.92. The maximum Gasteiger partial charge on any atom is 0.423 e. The molecule has 1 atom stereocenters. The molecular weight excluding hydrogens is 319 g/mol. The average molecular weight is 331 g/mol. The second-order valence-electron chi connectivity index (χ2n) is 5.92. The molecule has 0 radical (unpaired) electrons. The summed E-state index contributed by atoms with van der Waals surface area (Å²) in [5.41, 5.74) is -3.60. The molecule has 3 rings (SSSR count). The van der Waals surface area contributed by atoms with Gasteiger partial charge in [-0.05, 0) is 26.0 Å². The summed E-state index contributed by atoms with van der Waals surface area (Å²) in [7, 11) is 0. The number of hydrogen-bond acceptors (Lipinski definition) is 5. The lowest BCUT2D eigenvalue weighted by Gasteiger charge is -2.22. The number of rotatable bonds is 2. The zero-order valence-corrected chi connectivity index (χ0v) is 12.1. The number of anilines is 1. The fourth-order valence-electron chi connectivity index (χ4n) is 2.69. The van der Waals surface area contributed by atoms with E-state index in [2.05, 4.69) is 5.32 Å². The minimum absolute atomic E-state index is 0.108. The number of ether oxygens (including phenoxy) is 1. The van der Waals surface area contributed by atoms with Crippen molar-refractivity contribution in [3.05, 3.63) is 33.9 Å². The Kier molecular flexibility index (Phi) is 3.01. The standard InChI is InChI=1S/C13H12F3N3O4/c1-11(2)10(20)18(12(17-11)6-23-12)7-3-4-9(19(21)22)8(5-7)13(14,15)16/h3-5,17H,6H2,1-2H3. The number of alkyl halides is 3. The molecule has 2 heterocycles. The summed E-state index contributed by atoms with van der Waals surface area (Å²) >= 11 is 0. The van der Waals surface area contributed by atoms with E-state index >= 15 is 0 Å². The molecule has 1 spiro atoms. The van der Waals surface area contributed by atoms with Gasteiger partial charge in [0.05, 0.1) is 10.5 Å². The van der Waals surface area contributed by atoms with Gasteiger partial charge in [-0.3, -0.25) is 25.1 Å². The van der Waals surface area contributed by atoms with Crippen molar-refractivity contribution in [2.45, 2.75) is 31.4 Å². The lowest BCUT2D eigenvalue weighted by atomic mass is 10.1. The number of nitrogens with zero attached hydrogens (tertiary/aromatic N) is 2. The zero-order chi connectivity index (χ0) is 17.2. The normalized spacial score (nSPS) is 26.0. The molecular formula is C13H12F3N3O4. The topological polar surface area (TPSA) is 88.0 Å². The molecule has 124 valence electrons. The van der Waals surface area contributed by atoms with E-state index < -0.39 is 39.6 Å². The first-order valence-corrected chi connectivity index (χ1v) is 6.62. The van der Waals surface area contributed by atoms with Crippen molar-refractivity contribution in [2.75, 3.05) is 11.5 Å². The number of carbonyl (C=O) groups excluding carboxylic acids is 1. The first-order chi connectivity index (χ1) is 10.5. The largest absolute Gasteiger partial charge is 0.423 e. The maximum absolute atomic E-state index is 13.1. The molecule has 1 aromatic carbocycles. The van der Waals surface area contributed by atoms with Gasteiger partial charge in [0.15, 0.2) is 0 Å². The Morgan fingerprint density at radius 3 is 2.48 bits per heavy atom. The highest BCUT2D eigenvalue weighted by Gasteiger charge is 2.64. The molecule has 2 fully saturated rings. The van der Waals surface area contributed by atoms with Crippen molar-refractivity contribution in [3.63, 3.8) is 0 Å². The minimum atomic E-state index is -4.91. The molecule has 0 saturated carbocycles. The van der Waals surface area contributed by atoms with Crippen LogP contribution in [0.1, 0.15) is 19.4 Å². The lowest BCUT2D eigenvalue weighted by molar-refractivity contribution is -0.388. The fourth-order valence-corrected chi connectivity index (χ4v) is 2.69. The van der Waals surface area contributed by atoms with Crippen LogP contribution >= 0.6 is 0 Å². The van der Waals surface area contributed by atoms with Crippen molar-refractivity contribution in [1.82, 2.24) is 5.32 Å². The van der Waals surface area contributed by atoms with Crippen molar-refractivity contribution in [2.24, 2.45) is 0 Å². The number of nitro groups is 1. The summed E-state index contributed by atoms with van der Waals surface area (Å²) in [6, 6.07) is 2.45. The molecule has 0 aliphatic carbocycles. The Balaban J connectivity index is 2.11. The van der Waals surface area contributed by atoms with Crippen LogP contribution in [-0.4, -0.2) is 28.8 Å². The van der Waals surface area contributed by atoms with E-state index in [0.29, 0.717) is 6.07 Å². The number of amides is 1. The third-order valence-corrected chi connectivity index (χ3v) is 3.76. The van der Waals surface area contributed by atoms with Gasteiger partial charge in [-0.25, -0.2) is 0 Å². The van der Waals surface area contributed by atoms with Crippen LogP contribution < -0.4 is 10.2 Å². The van der Waals surface area contributed by atoms with Crippen LogP contribution in [0.25, 0.3) is 0 Å². The van der Waals surface area contributed by atoms with Gasteiger partial charge in [0.1, 0.15) is 12.2 Å². The van der Waals surface area contributed by atoms with Gasteiger partial charge in [-0.15, -0.1) is 0 Å². The van der Waals surface area contributed by atoms with E-state index in [0.717, 1.165) is 17.0 Å². The highest BCUT2D eigenvalue weighted by atomic mass is 19.4. The highest BCUT2D eigenvalue weighted by Crippen LogP contribution is 2.44. The number of halogens is 3. The minimum Gasteiger partial charge on any atom is -0.334 e. The van der Waals surface area contributed by atoms with Gasteiger partial charge in [0, 0.05) is 11.8 Å². The SMILES string of the molecule is CC1(C)NC2(CO2)N(c2ccc([N+](=O)[O-])c(C(F)(F)F)c2)C1=O. The molecule has 1 N–H and O–H groups in total. The van der Waals surface area contributed by atoms with Gasteiger partial charge in [0.2, 0.25) is 11.8 Å². The fraction of sp³-hybridized carbons (Fsp3) is 0.462. The first kappa shape index (κ1) is 15.7. The molecule has 1 unspecified atom stereocenters. The Hall–Kier alpha value is -2.20. The van der Waals surface area contributed by atoms with Gasteiger partial charge in [-0.1, -0.05) is 0 Å². The number of nitro benzene ring substituents is 1. The number of epoxide rings is 1. The van der Waals surface area contributed by atoms with Crippen LogP contribution in [-0.2, 0) is 15.7 Å². The molecule has 1 aromatic rings. The second kappa shape index (κ2) is 4.42. The third-order valence-electron chi connectivity index (χ3n) is 3.76. The highest BCUT2D eigenvalue weighted by molar-refractivity contribution is 6.04. The number of nitrogens with one attached hydrogen (secondary N) is 1. The Morgan fingerprint density at radius 2 is 2.00 bits per heavy atom. The zero-order valence-electron chi connectivity index (χ0n) is 12.1. The molecule has 10 heteroatoms. The molecule has 7 nitrogen and oxygen atoms in total. The average Bonchev–Trinajstić information content (AvgIpc) is 3.12. The van der Waals surface area contributed by atoms with Crippen LogP contribution in [0.5, 0.6) is 0 Å². The van der Waals surface area contributed by atoms with Crippen molar-refractivity contribution < 1.29 is 27.6 Å². The summed E-state index contributed by atoms with van der Waals surface area (Å²) in [5, 5.41) is 13.7. The van der Waals surface area contributed by atoms with Crippen LogP contribution in [0, 0.1) is 10.1 Å². The smallest absolute Gasteiger partial charge is 0.334 e. The molecule has 2 aliphatic rings. The van der Waals surface area contributed by atoms with E-state index in [1.54, 1.807) is 13.8 Å². The predicted molar refractivity (Wildman–Crippen MR) is 71.5 cm³/mol. The quantitative estimate of drug-likeness (QED) is 0.509. The van der Waals surface area contributed by atoms with E-state index in [4.69, 9.17) is 4.74 Å². The summed E-state index contributed by atoms with van der Waals surface area (Å²) in [6.07, 6.45) is -4.91. The number of carbonyl (C=O) groups is 1. The summed E-state index contributed by atoms with van der Waals surface area (Å²) in [4.78, 5) is 23.2. The summed E-state index contributed by atoms with van der Waals surface area (Å²) < 4.78 is 44.4. The Morgan fingerprint density at radius 1 is 1.39 bits per heavy atom. The monoisotopic (exact) mass is 331 g/mol. The van der Waals surface area contributed by atoms with Gasteiger partial charge < -0.3 is 4.74 Å². The van der Waals surface area contributed by atoms with Crippen molar-refractivity contribution in [3.8, 4) is 0 Å². The summed E-state index contributed by atoms with van der Waals surface area (Å²) in [5.74, 6) is -1.66. The van der Waals surface area contributed by atoms with Crippen LogP contribution in [0.3, 0.4) is 0 Å². The number of benzene rings is 1. The van der Waals surface area contributed by atoms with E-state index in [1.807, 2.05) is 0 Å². The molecule has 2 saturated heterocycles. The van der Waals surface area contributed by atoms with Gasteiger partial charge in [-0.2, -0.15) is 13.2 Å². The first-order valence-electron chi connectivity index (χ1n) is 6.62. The molecule has 0 aromatic heterocycles. The van der Waals surface area contributed by atoms with E-state index in [-0.39, 0.29) is 12.3 Å². The molecule has 2 aliphatic heterocycles. The molecule has 23 heavy (non-hydrogen) atoms. The van der Waals surface area contributed by atoms with Crippen LogP contribution in [0.4, 0.5) is 24.5 Å². The van der Waals surface area contributed by atoms with Gasteiger partial charge >= 0.3 is 6.18 Å². The summed E-state index contributed by atoms with van der Waals surface area (Å²) in [6.45, 7) is 3.28. The lowest BCUT2D eigenvalue weighted by Crippen LogP contribution is -2.43. The maximum atomic E-state index is 13.1. The van der Waals surface area contributed by atoms with Crippen molar-refractivity contribution >= 4 is 17.3 Å². The third kappa shape index (κ3) is 2.34. The number of hydrogen-bond donors (Lipinski definition) is 1. The predicted octanol–water partition coefficient (Wildman–Crippen LogP) is 2.01. The molecule has 0 bridgehead atoms. The Labute approximate surface area is 128 Å². The van der Waals surface area contributed by atoms with Crippen LogP contribution in [0.15, 0.2) is 18.2 Å². The van der Waals surface area contributed by atoms with E-state index in [1.165, 1.54) is 0 Å². The molecule has 1 amide bonds. The van der Waals surface area contributed by atoms with E-state index in [9.17, 15) is 28.1 Å². The van der Waals surface area contributed by atoms with Crippen molar-refractivity contribution in [1.29, 1.82) is 0 Å².